The zero-order valence-corrected chi connectivity index (χ0v) is 17.5. The molecule has 0 spiro atoms. The van der Waals surface area contributed by atoms with Gasteiger partial charge in [-0.25, -0.2) is 0 Å². The Morgan fingerprint density at radius 2 is 1.85 bits per heavy atom. The van der Waals surface area contributed by atoms with E-state index in [1.54, 1.807) is 6.08 Å². The van der Waals surface area contributed by atoms with Gasteiger partial charge < -0.3 is 10.2 Å². The molecule has 5 unspecified atom stereocenters. The summed E-state index contributed by atoms with van der Waals surface area (Å²) < 4.78 is 0. The number of amides is 2. The molecule has 0 aromatic heterocycles. The summed E-state index contributed by atoms with van der Waals surface area (Å²) in [6.45, 7) is 10.6. The highest BCUT2D eigenvalue weighted by molar-refractivity contribution is 5.89. The van der Waals surface area contributed by atoms with Gasteiger partial charge in [0.2, 0.25) is 11.8 Å². The van der Waals surface area contributed by atoms with Crippen molar-refractivity contribution in [2.75, 3.05) is 13.1 Å². The number of fused-ring (bicyclic) bond motifs is 5. The van der Waals surface area contributed by atoms with Crippen molar-refractivity contribution in [3.05, 3.63) is 12.2 Å². The highest BCUT2D eigenvalue weighted by Crippen LogP contribution is 2.65. The molecule has 1 heterocycles. The molecular formula is C23H36N2O2. The Labute approximate surface area is 164 Å². The zero-order chi connectivity index (χ0) is 19.4. The molecule has 4 heteroatoms. The Morgan fingerprint density at radius 1 is 1.11 bits per heavy atom. The van der Waals surface area contributed by atoms with Gasteiger partial charge in [0.1, 0.15) is 0 Å². The standard InChI is InChI=1S/C23H36N2O2/c1-5-25(6-2)21(27)18-9-8-16-15-7-10-19-23(4,14-12-20(26)24-19)17(15)11-13-22(16,18)3/h12,14-19H,5-11,13H2,1-4H3,(H,24,26)/t15?,16?,17?,18?,19?,22-,23+/m0/s1. The Morgan fingerprint density at radius 3 is 2.56 bits per heavy atom. The number of hydrogen-bond donors (Lipinski definition) is 1. The fourth-order valence-corrected chi connectivity index (χ4v) is 7.49. The van der Waals surface area contributed by atoms with Crippen LogP contribution in [-0.4, -0.2) is 35.8 Å². The summed E-state index contributed by atoms with van der Waals surface area (Å²) in [5.74, 6) is 2.66. The lowest BCUT2D eigenvalue weighted by Crippen LogP contribution is -2.59. The second-order valence-corrected chi connectivity index (χ2v) is 9.90. The van der Waals surface area contributed by atoms with Gasteiger partial charge in [0.15, 0.2) is 0 Å². The van der Waals surface area contributed by atoms with Crippen LogP contribution in [0.2, 0.25) is 0 Å². The minimum Gasteiger partial charge on any atom is -0.349 e. The zero-order valence-electron chi connectivity index (χ0n) is 17.5. The van der Waals surface area contributed by atoms with Crippen LogP contribution in [0.3, 0.4) is 0 Å². The molecule has 0 aromatic carbocycles. The van der Waals surface area contributed by atoms with E-state index in [2.05, 4.69) is 39.1 Å². The van der Waals surface area contributed by atoms with E-state index >= 15 is 0 Å². The van der Waals surface area contributed by atoms with Crippen LogP contribution in [-0.2, 0) is 9.59 Å². The van der Waals surface area contributed by atoms with Crippen molar-refractivity contribution < 1.29 is 9.59 Å². The summed E-state index contributed by atoms with van der Waals surface area (Å²) in [5, 5.41) is 3.23. The first-order chi connectivity index (χ1) is 12.8. The molecule has 1 N–H and O–H groups in total. The summed E-state index contributed by atoms with van der Waals surface area (Å²) in [4.78, 5) is 27.1. The van der Waals surface area contributed by atoms with Gasteiger partial charge in [-0.3, -0.25) is 9.59 Å². The van der Waals surface area contributed by atoms with Crippen LogP contribution in [0.15, 0.2) is 12.2 Å². The van der Waals surface area contributed by atoms with Crippen LogP contribution >= 0.6 is 0 Å². The van der Waals surface area contributed by atoms with E-state index in [-0.39, 0.29) is 28.7 Å². The van der Waals surface area contributed by atoms with E-state index < -0.39 is 0 Å². The summed E-state index contributed by atoms with van der Waals surface area (Å²) in [6.07, 6.45) is 10.9. The molecule has 3 fully saturated rings. The number of carbonyl (C=O) groups is 2. The van der Waals surface area contributed by atoms with Crippen molar-refractivity contribution in [3.8, 4) is 0 Å². The molecule has 0 aromatic rings. The van der Waals surface area contributed by atoms with Gasteiger partial charge in [-0.15, -0.1) is 0 Å². The lowest BCUT2D eigenvalue weighted by atomic mass is 9.48. The van der Waals surface area contributed by atoms with Gasteiger partial charge in [0.05, 0.1) is 0 Å². The van der Waals surface area contributed by atoms with Crippen molar-refractivity contribution in [1.82, 2.24) is 10.2 Å². The van der Waals surface area contributed by atoms with Gasteiger partial charge in [-0.05, 0) is 81.6 Å². The average molecular weight is 373 g/mol. The summed E-state index contributed by atoms with van der Waals surface area (Å²) in [7, 11) is 0. The van der Waals surface area contributed by atoms with E-state index in [4.69, 9.17) is 0 Å². The Kier molecular flexibility index (Phi) is 4.67. The van der Waals surface area contributed by atoms with E-state index in [0.717, 1.165) is 32.4 Å². The molecule has 4 rings (SSSR count). The number of carbonyl (C=O) groups excluding carboxylic acids is 2. The lowest BCUT2D eigenvalue weighted by Gasteiger charge is -2.58. The van der Waals surface area contributed by atoms with E-state index in [1.807, 2.05) is 4.90 Å². The smallest absolute Gasteiger partial charge is 0.243 e. The molecule has 3 saturated carbocycles. The van der Waals surface area contributed by atoms with Gasteiger partial charge in [-0.2, -0.15) is 0 Å². The average Bonchev–Trinajstić information content (AvgIpc) is 3.00. The van der Waals surface area contributed by atoms with Crippen LogP contribution in [0.5, 0.6) is 0 Å². The summed E-state index contributed by atoms with van der Waals surface area (Å²) >= 11 is 0. The first kappa shape index (κ1) is 19.0. The van der Waals surface area contributed by atoms with E-state index in [9.17, 15) is 9.59 Å². The minimum atomic E-state index is 0.0716. The number of hydrogen-bond acceptors (Lipinski definition) is 2. The molecule has 0 bridgehead atoms. The van der Waals surface area contributed by atoms with Crippen molar-refractivity contribution in [1.29, 1.82) is 0 Å². The SMILES string of the molecule is CCN(CC)C(=O)C1CCC2C3CCC4NC(=O)C=C[C@]4(C)C3CC[C@]12C. The molecule has 3 aliphatic carbocycles. The predicted molar refractivity (Wildman–Crippen MR) is 107 cm³/mol. The third kappa shape index (κ3) is 2.69. The highest BCUT2D eigenvalue weighted by atomic mass is 16.2. The quantitative estimate of drug-likeness (QED) is 0.820. The Hall–Kier alpha value is -1.32. The van der Waals surface area contributed by atoms with Crippen LogP contribution in [0.25, 0.3) is 0 Å². The monoisotopic (exact) mass is 372 g/mol. The third-order valence-corrected chi connectivity index (χ3v) is 9.06. The maximum absolute atomic E-state index is 13.2. The molecular weight excluding hydrogens is 336 g/mol. The fourth-order valence-electron chi connectivity index (χ4n) is 7.49. The van der Waals surface area contributed by atoms with Crippen LogP contribution in [0, 0.1) is 34.5 Å². The lowest BCUT2D eigenvalue weighted by molar-refractivity contribution is -0.143. The van der Waals surface area contributed by atoms with Gasteiger partial charge in [0.25, 0.3) is 0 Å². The van der Waals surface area contributed by atoms with E-state index in [0.29, 0.717) is 23.7 Å². The van der Waals surface area contributed by atoms with Gasteiger partial charge in [0, 0.05) is 30.5 Å². The molecule has 27 heavy (non-hydrogen) atoms. The fraction of sp³-hybridized carbons (Fsp3) is 0.826. The molecule has 4 nitrogen and oxygen atoms in total. The number of nitrogens with one attached hydrogen (secondary N) is 1. The van der Waals surface area contributed by atoms with Crippen molar-refractivity contribution in [2.24, 2.45) is 34.5 Å². The van der Waals surface area contributed by atoms with Crippen molar-refractivity contribution >= 4 is 11.8 Å². The molecule has 4 aliphatic rings. The van der Waals surface area contributed by atoms with Crippen LogP contribution < -0.4 is 5.32 Å². The number of nitrogens with zero attached hydrogens (tertiary/aromatic N) is 1. The maximum atomic E-state index is 13.2. The molecule has 1 aliphatic heterocycles. The highest BCUT2D eigenvalue weighted by Gasteiger charge is 2.61. The van der Waals surface area contributed by atoms with Crippen LogP contribution in [0.1, 0.15) is 66.2 Å². The van der Waals surface area contributed by atoms with Crippen molar-refractivity contribution in [2.45, 2.75) is 72.3 Å². The molecule has 150 valence electrons. The van der Waals surface area contributed by atoms with Crippen molar-refractivity contribution in [3.63, 3.8) is 0 Å². The first-order valence-corrected chi connectivity index (χ1v) is 11.1. The molecule has 0 radical (unpaired) electrons. The summed E-state index contributed by atoms with van der Waals surface area (Å²) in [5.41, 5.74) is 0.241. The molecule has 2 amide bonds. The predicted octanol–water partition coefficient (Wildman–Crippen LogP) is 3.77. The Balaban J connectivity index is 1.60. The molecule has 0 saturated heterocycles. The van der Waals surface area contributed by atoms with Gasteiger partial charge >= 0.3 is 0 Å². The topological polar surface area (TPSA) is 49.4 Å². The minimum absolute atomic E-state index is 0.0716. The molecule has 7 atom stereocenters. The summed E-state index contributed by atoms with van der Waals surface area (Å²) in [6, 6.07) is 0.287. The number of rotatable bonds is 3. The second-order valence-electron chi connectivity index (χ2n) is 9.90. The maximum Gasteiger partial charge on any atom is 0.243 e. The largest absolute Gasteiger partial charge is 0.349 e. The first-order valence-electron chi connectivity index (χ1n) is 11.1. The normalized spacial score (nSPS) is 45.5. The van der Waals surface area contributed by atoms with E-state index in [1.165, 1.54) is 19.3 Å². The van der Waals surface area contributed by atoms with Gasteiger partial charge in [-0.1, -0.05) is 19.9 Å². The van der Waals surface area contributed by atoms with Crippen LogP contribution in [0.4, 0.5) is 0 Å². The Bertz CT molecular complexity index is 655. The third-order valence-electron chi connectivity index (χ3n) is 9.06. The second kappa shape index (κ2) is 6.63.